The molecule has 0 unspecified atom stereocenters. The van der Waals surface area contributed by atoms with Gasteiger partial charge in [0.2, 0.25) is 5.91 Å². The molecule has 37 heavy (non-hydrogen) atoms. The number of carboxylic acid groups (broad SMARTS) is 1. The van der Waals surface area contributed by atoms with Crippen LogP contribution in [0, 0.1) is 11.8 Å². The Bertz CT molecular complexity index is 1540. The third-order valence-corrected chi connectivity index (χ3v) is 7.08. The van der Waals surface area contributed by atoms with E-state index in [1.165, 1.54) is 39.0 Å². The van der Waals surface area contributed by atoms with Crippen molar-refractivity contribution in [2.24, 2.45) is 0 Å². The number of carbonyl (C=O) groups is 2. The number of thiazole rings is 1. The van der Waals surface area contributed by atoms with E-state index in [9.17, 15) is 31.2 Å². The minimum atomic E-state index is -4.71. The zero-order valence-electron chi connectivity index (χ0n) is 19.6. The Morgan fingerprint density at radius 2 is 1.86 bits per heavy atom. The normalized spacial score (nSPS) is 12.1. The van der Waals surface area contributed by atoms with Crippen LogP contribution in [0.2, 0.25) is 0 Å². The van der Waals surface area contributed by atoms with Crippen molar-refractivity contribution >= 4 is 54.3 Å². The number of fused-ring (bicyclic) bond motifs is 1. The van der Waals surface area contributed by atoms with Gasteiger partial charge in [-0.3, -0.25) is 9.52 Å². The van der Waals surface area contributed by atoms with Crippen molar-refractivity contribution in [2.45, 2.75) is 37.4 Å². The minimum Gasteiger partial charge on any atom is -0.479 e. The molecule has 2 aromatic carbocycles. The number of rotatable bonds is 7. The molecule has 1 heterocycles. The number of nitrogens with one attached hydrogen (secondary N) is 2. The molecule has 0 aliphatic heterocycles. The second kappa shape index (κ2) is 10.4. The quantitative estimate of drug-likeness (QED) is 0.370. The predicted molar refractivity (Wildman–Crippen MR) is 131 cm³/mol. The van der Waals surface area contributed by atoms with Crippen molar-refractivity contribution in [3.63, 3.8) is 0 Å². The van der Waals surface area contributed by atoms with Crippen LogP contribution in [0.1, 0.15) is 31.9 Å². The smallest absolute Gasteiger partial charge is 0.416 e. The van der Waals surface area contributed by atoms with Gasteiger partial charge in [0.15, 0.2) is 10.7 Å². The van der Waals surface area contributed by atoms with Crippen LogP contribution in [0.5, 0.6) is 0 Å². The maximum absolute atomic E-state index is 13.3. The van der Waals surface area contributed by atoms with Crippen LogP contribution in [0.15, 0.2) is 41.3 Å². The summed E-state index contributed by atoms with van der Waals surface area (Å²) in [5.41, 5.74) is -2.70. The van der Waals surface area contributed by atoms with Crippen LogP contribution in [-0.2, 0) is 30.5 Å². The molecule has 3 rings (SSSR count). The molecule has 0 aliphatic carbocycles. The summed E-state index contributed by atoms with van der Waals surface area (Å²) >= 11 is 1.05. The molecule has 1 amide bonds. The maximum atomic E-state index is 13.3. The lowest BCUT2D eigenvalue weighted by molar-refractivity contribution is -0.159. The fourth-order valence-corrected chi connectivity index (χ4v) is 4.93. The van der Waals surface area contributed by atoms with E-state index < -0.39 is 39.9 Å². The monoisotopic (exact) mass is 555 g/mol. The SMILES string of the molecule is CC(=O)Nc1nc2ccc(S(=O)(=O)Nc3ccc(C(F)(F)F)cc3C#CCOC(C)(C)C(=O)O)cc2s1. The first-order valence-electron chi connectivity index (χ1n) is 10.4. The van der Waals surface area contributed by atoms with Crippen molar-refractivity contribution in [1.82, 2.24) is 4.98 Å². The van der Waals surface area contributed by atoms with Crippen molar-refractivity contribution in [1.29, 1.82) is 0 Å². The first-order valence-corrected chi connectivity index (χ1v) is 12.7. The van der Waals surface area contributed by atoms with E-state index in [0.717, 1.165) is 17.4 Å². The second-order valence-corrected chi connectivity index (χ2v) is 10.8. The number of ether oxygens (including phenoxy) is 1. The highest BCUT2D eigenvalue weighted by atomic mass is 32.2. The van der Waals surface area contributed by atoms with Crippen LogP contribution in [0.3, 0.4) is 0 Å². The predicted octanol–water partition coefficient (Wildman–Crippen LogP) is 4.31. The first-order chi connectivity index (χ1) is 17.1. The van der Waals surface area contributed by atoms with Crippen LogP contribution in [0.4, 0.5) is 24.0 Å². The van der Waals surface area contributed by atoms with Gasteiger partial charge < -0.3 is 15.2 Å². The summed E-state index contributed by atoms with van der Waals surface area (Å²) in [6.07, 6.45) is -4.71. The number of halogens is 3. The highest BCUT2D eigenvalue weighted by Crippen LogP contribution is 2.33. The van der Waals surface area contributed by atoms with Gasteiger partial charge in [-0.25, -0.2) is 18.2 Å². The fourth-order valence-electron chi connectivity index (χ4n) is 2.80. The summed E-state index contributed by atoms with van der Waals surface area (Å²) in [6, 6.07) is 6.34. The van der Waals surface area contributed by atoms with Gasteiger partial charge in [0.25, 0.3) is 10.0 Å². The van der Waals surface area contributed by atoms with Gasteiger partial charge in [0, 0.05) is 12.5 Å². The number of carboxylic acids is 1. The maximum Gasteiger partial charge on any atom is 0.416 e. The lowest BCUT2D eigenvalue weighted by atomic mass is 10.1. The zero-order chi connectivity index (χ0) is 27.6. The van der Waals surface area contributed by atoms with Gasteiger partial charge >= 0.3 is 12.1 Å². The number of nitrogens with zero attached hydrogens (tertiary/aromatic N) is 1. The lowest BCUT2D eigenvalue weighted by Crippen LogP contribution is -2.34. The average molecular weight is 556 g/mol. The van der Waals surface area contributed by atoms with Crippen LogP contribution < -0.4 is 10.0 Å². The average Bonchev–Trinajstić information content (AvgIpc) is 3.17. The third-order valence-electron chi connectivity index (χ3n) is 4.79. The Labute approximate surface area is 213 Å². The molecule has 0 fully saturated rings. The number of anilines is 2. The van der Waals surface area contributed by atoms with Crippen molar-refractivity contribution < 1.29 is 41.0 Å². The largest absolute Gasteiger partial charge is 0.479 e. The van der Waals surface area contributed by atoms with Gasteiger partial charge in [0.05, 0.1) is 26.4 Å². The number of amides is 1. The highest BCUT2D eigenvalue weighted by molar-refractivity contribution is 7.92. The molecule has 196 valence electrons. The van der Waals surface area contributed by atoms with E-state index in [2.05, 4.69) is 26.9 Å². The number of aromatic nitrogens is 1. The second-order valence-electron chi connectivity index (χ2n) is 8.10. The molecule has 0 aliphatic rings. The molecule has 3 aromatic rings. The summed E-state index contributed by atoms with van der Waals surface area (Å²) in [5, 5.41) is 11.9. The van der Waals surface area contributed by atoms with Crippen LogP contribution in [-0.4, -0.2) is 42.6 Å². The highest BCUT2D eigenvalue weighted by Gasteiger charge is 2.31. The van der Waals surface area contributed by atoms with Gasteiger partial charge in [-0.05, 0) is 50.2 Å². The summed E-state index contributed by atoms with van der Waals surface area (Å²) in [6.45, 7) is 3.43. The summed E-state index contributed by atoms with van der Waals surface area (Å²) < 4.78 is 73.7. The van der Waals surface area contributed by atoms with Gasteiger partial charge in [-0.1, -0.05) is 23.2 Å². The van der Waals surface area contributed by atoms with E-state index in [-0.39, 0.29) is 27.2 Å². The molecule has 0 saturated carbocycles. The van der Waals surface area contributed by atoms with Crippen molar-refractivity contribution in [3.05, 3.63) is 47.5 Å². The molecule has 0 spiro atoms. The Hall–Kier alpha value is -3.67. The summed E-state index contributed by atoms with van der Waals surface area (Å²) in [5.74, 6) is 3.23. The molecular formula is C23H20F3N3O6S2. The lowest BCUT2D eigenvalue weighted by Gasteiger charge is -2.17. The summed E-state index contributed by atoms with van der Waals surface area (Å²) in [7, 11) is -4.27. The molecule has 3 N–H and O–H groups in total. The molecule has 9 nitrogen and oxygen atoms in total. The third kappa shape index (κ3) is 6.97. The van der Waals surface area contributed by atoms with E-state index in [1.54, 1.807) is 0 Å². The summed E-state index contributed by atoms with van der Waals surface area (Å²) in [4.78, 5) is 26.3. The van der Waals surface area contributed by atoms with Crippen molar-refractivity contribution in [2.75, 3.05) is 16.6 Å². The van der Waals surface area contributed by atoms with E-state index in [0.29, 0.717) is 22.3 Å². The molecule has 0 saturated heterocycles. The fraction of sp³-hybridized carbons (Fsp3) is 0.261. The first kappa shape index (κ1) is 27.9. The van der Waals surface area contributed by atoms with Gasteiger partial charge in [0.1, 0.15) is 6.61 Å². The van der Waals surface area contributed by atoms with E-state index in [1.807, 2.05) is 0 Å². The van der Waals surface area contributed by atoms with Gasteiger partial charge in [-0.15, -0.1) is 0 Å². The number of sulfonamides is 1. The number of alkyl halides is 3. The van der Waals surface area contributed by atoms with Crippen molar-refractivity contribution in [3.8, 4) is 11.8 Å². The topological polar surface area (TPSA) is 135 Å². The zero-order valence-corrected chi connectivity index (χ0v) is 21.2. The number of hydrogen-bond donors (Lipinski definition) is 3. The Balaban J connectivity index is 1.94. The molecule has 0 bridgehead atoms. The number of benzene rings is 2. The molecule has 14 heteroatoms. The standard InChI is InChI=1S/C23H20F3N3O6S2/c1-13(30)27-21-28-18-9-7-16(12-19(18)36-21)37(33,34)29-17-8-6-15(23(24,25)26)11-14(17)5-4-10-35-22(2,3)20(31)32/h6-9,11-12,29H,10H2,1-3H3,(H,31,32)(H,27,28,30). The Morgan fingerprint density at radius 1 is 1.16 bits per heavy atom. The Kier molecular flexibility index (Phi) is 7.82. The molecular weight excluding hydrogens is 535 g/mol. The molecule has 0 radical (unpaired) electrons. The molecule has 1 aromatic heterocycles. The Morgan fingerprint density at radius 3 is 2.49 bits per heavy atom. The van der Waals surface area contributed by atoms with Crippen LogP contribution in [0.25, 0.3) is 10.2 Å². The number of carbonyl (C=O) groups excluding carboxylic acids is 1. The molecule has 0 atom stereocenters. The van der Waals surface area contributed by atoms with Gasteiger partial charge in [-0.2, -0.15) is 13.2 Å². The van der Waals surface area contributed by atoms with E-state index >= 15 is 0 Å². The van der Waals surface area contributed by atoms with E-state index in [4.69, 9.17) is 9.84 Å². The number of aliphatic carboxylic acids is 1. The number of hydrogen-bond acceptors (Lipinski definition) is 7. The van der Waals surface area contributed by atoms with Crippen LogP contribution >= 0.6 is 11.3 Å². The minimum absolute atomic E-state index is 0.191.